The van der Waals surface area contributed by atoms with Gasteiger partial charge in [-0.05, 0) is 12.1 Å². The Labute approximate surface area is 196 Å². The molecule has 0 aliphatic carbocycles. The SMILES string of the molecule is C=C(CC1CO1)C(=O)OCCOC(=O)c1ccccc1C(=O)OCCOC(=O)C(=C)CC1CO1. The largest absolute Gasteiger partial charge is 0.459 e. The molecule has 10 heteroatoms. The Kier molecular flexibility index (Phi) is 8.94. The van der Waals surface area contributed by atoms with Gasteiger partial charge in [0.25, 0.3) is 0 Å². The van der Waals surface area contributed by atoms with Crippen LogP contribution in [0.5, 0.6) is 0 Å². The molecule has 2 aliphatic heterocycles. The summed E-state index contributed by atoms with van der Waals surface area (Å²) >= 11 is 0. The Balaban J connectivity index is 1.38. The molecule has 3 rings (SSSR count). The Bertz CT molecular complexity index is 881. The van der Waals surface area contributed by atoms with E-state index in [4.69, 9.17) is 28.4 Å². The summed E-state index contributed by atoms with van der Waals surface area (Å²) in [5.74, 6) is -2.72. The average molecular weight is 474 g/mol. The van der Waals surface area contributed by atoms with Gasteiger partial charge in [-0.1, -0.05) is 25.3 Å². The number of epoxide rings is 2. The minimum atomic E-state index is -0.779. The first kappa shape index (κ1) is 25.1. The van der Waals surface area contributed by atoms with E-state index in [1.165, 1.54) is 12.1 Å². The van der Waals surface area contributed by atoms with E-state index < -0.39 is 23.9 Å². The van der Waals surface area contributed by atoms with E-state index in [1.54, 1.807) is 12.1 Å². The van der Waals surface area contributed by atoms with Crippen LogP contribution >= 0.6 is 0 Å². The molecule has 1 aromatic carbocycles. The van der Waals surface area contributed by atoms with Gasteiger partial charge in [-0.25, -0.2) is 19.2 Å². The lowest BCUT2D eigenvalue weighted by Gasteiger charge is -2.11. The molecule has 2 unspecified atom stereocenters. The second-order valence-electron chi connectivity index (χ2n) is 7.62. The first-order chi connectivity index (χ1) is 16.3. The molecule has 2 heterocycles. The van der Waals surface area contributed by atoms with E-state index in [9.17, 15) is 19.2 Å². The molecule has 0 bridgehead atoms. The second-order valence-corrected chi connectivity index (χ2v) is 7.62. The lowest BCUT2D eigenvalue weighted by Crippen LogP contribution is -2.19. The van der Waals surface area contributed by atoms with Crippen LogP contribution in [0.2, 0.25) is 0 Å². The van der Waals surface area contributed by atoms with Crippen molar-refractivity contribution < 1.29 is 47.6 Å². The Hall–Kier alpha value is -3.50. The molecule has 10 nitrogen and oxygen atoms in total. The first-order valence-corrected chi connectivity index (χ1v) is 10.7. The van der Waals surface area contributed by atoms with E-state index >= 15 is 0 Å². The summed E-state index contributed by atoms with van der Waals surface area (Å²) < 4.78 is 30.3. The first-order valence-electron chi connectivity index (χ1n) is 10.7. The molecule has 2 atom stereocenters. The van der Waals surface area contributed by atoms with Crippen LogP contribution in [0, 0.1) is 0 Å². The highest BCUT2D eigenvalue weighted by atomic mass is 16.6. The van der Waals surface area contributed by atoms with Crippen LogP contribution in [0.4, 0.5) is 0 Å². The second kappa shape index (κ2) is 12.1. The summed E-state index contributed by atoms with van der Waals surface area (Å²) in [7, 11) is 0. The number of rotatable bonds is 14. The van der Waals surface area contributed by atoms with Crippen LogP contribution in [0.1, 0.15) is 33.6 Å². The number of esters is 4. The van der Waals surface area contributed by atoms with Gasteiger partial charge in [0, 0.05) is 24.0 Å². The van der Waals surface area contributed by atoms with Crippen molar-refractivity contribution in [1.29, 1.82) is 0 Å². The monoisotopic (exact) mass is 474 g/mol. The summed E-state index contributed by atoms with van der Waals surface area (Å²) in [5, 5.41) is 0. The maximum absolute atomic E-state index is 12.4. The average Bonchev–Trinajstić information content (AvgIpc) is 3.76. The fourth-order valence-corrected chi connectivity index (χ4v) is 2.82. The third-order valence-corrected chi connectivity index (χ3v) is 4.80. The zero-order valence-corrected chi connectivity index (χ0v) is 18.6. The molecule has 2 fully saturated rings. The third-order valence-electron chi connectivity index (χ3n) is 4.80. The van der Waals surface area contributed by atoms with Crippen LogP contribution in [0.25, 0.3) is 0 Å². The number of carbonyl (C=O) groups excluding carboxylic acids is 4. The van der Waals surface area contributed by atoms with Gasteiger partial charge >= 0.3 is 23.9 Å². The van der Waals surface area contributed by atoms with E-state index in [2.05, 4.69) is 13.2 Å². The van der Waals surface area contributed by atoms with Crippen molar-refractivity contribution in [2.75, 3.05) is 39.6 Å². The zero-order chi connectivity index (χ0) is 24.5. The van der Waals surface area contributed by atoms with Gasteiger partial charge < -0.3 is 28.4 Å². The van der Waals surface area contributed by atoms with Gasteiger partial charge in [-0.2, -0.15) is 0 Å². The maximum Gasteiger partial charge on any atom is 0.339 e. The minimum absolute atomic E-state index is 0.0103. The molecule has 0 N–H and O–H groups in total. The smallest absolute Gasteiger partial charge is 0.339 e. The highest BCUT2D eigenvalue weighted by molar-refractivity contribution is 6.03. The molecular formula is C24H26O10. The standard InChI is InChI=1S/C24H26O10/c1-15(11-17-13-33-17)21(25)29-7-9-31-23(27)19-5-3-4-6-20(19)24(28)32-10-8-30-22(26)16(2)12-18-14-34-18/h3-6,17-18H,1-2,7-14H2. The van der Waals surface area contributed by atoms with E-state index in [0.717, 1.165) is 0 Å². The lowest BCUT2D eigenvalue weighted by atomic mass is 10.1. The molecule has 2 saturated heterocycles. The lowest BCUT2D eigenvalue weighted by molar-refractivity contribution is -0.141. The van der Waals surface area contributed by atoms with Crippen LogP contribution in [-0.2, 0) is 38.0 Å². The van der Waals surface area contributed by atoms with Crippen LogP contribution < -0.4 is 0 Å². The molecule has 0 saturated carbocycles. The topological polar surface area (TPSA) is 130 Å². The minimum Gasteiger partial charge on any atom is -0.459 e. The quantitative estimate of drug-likeness (QED) is 0.129. The number of hydrogen-bond acceptors (Lipinski definition) is 10. The number of benzene rings is 1. The van der Waals surface area contributed by atoms with E-state index in [1.807, 2.05) is 0 Å². The van der Waals surface area contributed by atoms with E-state index in [-0.39, 0.29) is 60.9 Å². The van der Waals surface area contributed by atoms with Gasteiger partial charge in [-0.15, -0.1) is 0 Å². The van der Waals surface area contributed by atoms with Crippen LogP contribution in [-0.4, -0.2) is 75.7 Å². The fourth-order valence-electron chi connectivity index (χ4n) is 2.82. The van der Waals surface area contributed by atoms with Crippen molar-refractivity contribution in [2.24, 2.45) is 0 Å². The van der Waals surface area contributed by atoms with Crippen LogP contribution in [0.15, 0.2) is 48.6 Å². The predicted molar refractivity (Wildman–Crippen MR) is 116 cm³/mol. The molecule has 1 aromatic rings. The van der Waals surface area contributed by atoms with Crippen molar-refractivity contribution in [3.63, 3.8) is 0 Å². The molecule has 182 valence electrons. The van der Waals surface area contributed by atoms with Crippen molar-refractivity contribution in [3.8, 4) is 0 Å². The summed E-state index contributed by atoms with van der Waals surface area (Å²) in [6.07, 6.45) is 0.834. The normalized spacial score (nSPS) is 17.8. The summed E-state index contributed by atoms with van der Waals surface area (Å²) in [5.41, 5.74) is 0.551. The summed E-state index contributed by atoms with van der Waals surface area (Å²) in [4.78, 5) is 48.4. The highest BCUT2D eigenvalue weighted by Crippen LogP contribution is 2.19. The number of carbonyl (C=O) groups is 4. The van der Waals surface area contributed by atoms with Crippen molar-refractivity contribution in [2.45, 2.75) is 25.0 Å². The zero-order valence-electron chi connectivity index (χ0n) is 18.6. The molecule has 0 spiro atoms. The number of ether oxygens (including phenoxy) is 6. The van der Waals surface area contributed by atoms with Gasteiger partial charge in [0.1, 0.15) is 26.4 Å². The predicted octanol–water partition coefficient (Wildman–Crippen LogP) is 1.78. The van der Waals surface area contributed by atoms with Gasteiger partial charge in [0.05, 0.1) is 36.5 Å². The number of hydrogen-bond donors (Lipinski definition) is 0. The molecule has 0 aromatic heterocycles. The molecule has 0 radical (unpaired) electrons. The third kappa shape index (κ3) is 8.13. The molecular weight excluding hydrogens is 448 g/mol. The molecule has 0 amide bonds. The Morgan fingerprint density at radius 3 is 1.41 bits per heavy atom. The van der Waals surface area contributed by atoms with Gasteiger partial charge in [-0.3, -0.25) is 0 Å². The van der Waals surface area contributed by atoms with Crippen molar-refractivity contribution in [3.05, 3.63) is 59.7 Å². The van der Waals surface area contributed by atoms with Gasteiger partial charge in [0.2, 0.25) is 0 Å². The summed E-state index contributed by atoms with van der Waals surface area (Å²) in [6.45, 7) is 7.75. The maximum atomic E-state index is 12.4. The van der Waals surface area contributed by atoms with Crippen molar-refractivity contribution in [1.82, 2.24) is 0 Å². The van der Waals surface area contributed by atoms with E-state index in [0.29, 0.717) is 26.1 Å². The molecule has 2 aliphatic rings. The van der Waals surface area contributed by atoms with Crippen molar-refractivity contribution >= 4 is 23.9 Å². The Morgan fingerprint density at radius 1 is 0.706 bits per heavy atom. The molecule has 34 heavy (non-hydrogen) atoms. The Morgan fingerprint density at radius 2 is 1.06 bits per heavy atom. The summed E-state index contributed by atoms with van der Waals surface area (Å²) in [6, 6.07) is 5.95. The van der Waals surface area contributed by atoms with Gasteiger partial charge in [0.15, 0.2) is 0 Å². The van der Waals surface area contributed by atoms with Crippen LogP contribution in [0.3, 0.4) is 0 Å². The highest BCUT2D eigenvalue weighted by Gasteiger charge is 2.27. The fraction of sp³-hybridized carbons (Fsp3) is 0.417.